The van der Waals surface area contributed by atoms with E-state index in [4.69, 9.17) is 14.2 Å². The van der Waals surface area contributed by atoms with Gasteiger partial charge in [-0.1, -0.05) is 54.1 Å². The zero-order valence-electron chi connectivity index (χ0n) is 21.2. The molecule has 0 bridgehead atoms. The van der Waals surface area contributed by atoms with Gasteiger partial charge in [-0.15, -0.1) is 0 Å². The molecule has 4 rings (SSSR count). The summed E-state index contributed by atoms with van der Waals surface area (Å²) in [4.78, 5) is 24.1. The van der Waals surface area contributed by atoms with Crippen molar-refractivity contribution in [3.05, 3.63) is 130 Å². The van der Waals surface area contributed by atoms with E-state index in [2.05, 4.69) is 10.5 Å². The van der Waals surface area contributed by atoms with Gasteiger partial charge in [0, 0.05) is 11.1 Å². The number of nitrogens with zero attached hydrogens (tertiary/aromatic N) is 1. The van der Waals surface area contributed by atoms with E-state index >= 15 is 0 Å². The van der Waals surface area contributed by atoms with Gasteiger partial charge in [0.1, 0.15) is 24.7 Å². The van der Waals surface area contributed by atoms with Crippen molar-refractivity contribution < 1.29 is 23.8 Å². The number of ether oxygens (including phenoxy) is 3. The number of methoxy groups -OCH3 is 1. The van der Waals surface area contributed by atoms with E-state index in [0.717, 1.165) is 11.1 Å². The number of esters is 1. The standard InChI is InChI=1S/C31H28N2O5/c1-22-7-9-23(10-8-22)20-37-28-17-15-25(16-18-28)30(34)33-32-19-27-5-3-4-6-29(27)38-21-24-11-13-26(14-12-24)31(35)36-2/h3-19H,20-21H2,1-2H3,(H,33,34)/b32-19-. The molecule has 0 radical (unpaired) electrons. The van der Waals surface area contributed by atoms with E-state index in [1.807, 2.05) is 67.6 Å². The third kappa shape index (κ3) is 7.30. The van der Waals surface area contributed by atoms with Crippen molar-refractivity contribution >= 4 is 18.1 Å². The SMILES string of the molecule is COC(=O)c1ccc(COc2ccccc2/C=N\NC(=O)c2ccc(OCc3ccc(C)cc3)cc2)cc1. The number of nitrogens with one attached hydrogen (secondary N) is 1. The van der Waals surface area contributed by atoms with Crippen molar-refractivity contribution in [2.24, 2.45) is 5.10 Å². The second-order valence-electron chi connectivity index (χ2n) is 8.51. The molecule has 0 heterocycles. The van der Waals surface area contributed by atoms with Crippen LogP contribution in [-0.4, -0.2) is 25.2 Å². The lowest BCUT2D eigenvalue weighted by Gasteiger charge is -2.09. The number of benzene rings is 4. The van der Waals surface area contributed by atoms with Crippen LogP contribution in [0.3, 0.4) is 0 Å². The maximum absolute atomic E-state index is 12.5. The van der Waals surface area contributed by atoms with Crippen molar-refractivity contribution in [2.45, 2.75) is 20.1 Å². The third-order valence-corrected chi connectivity index (χ3v) is 5.70. The van der Waals surface area contributed by atoms with Crippen molar-refractivity contribution in [1.29, 1.82) is 0 Å². The maximum Gasteiger partial charge on any atom is 0.337 e. The minimum Gasteiger partial charge on any atom is -0.489 e. The highest BCUT2D eigenvalue weighted by molar-refractivity contribution is 5.95. The number of carbonyl (C=O) groups excluding carboxylic acids is 2. The first kappa shape index (κ1) is 26.2. The van der Waals surface area contributed by atoms with Crippen molar-refractivity contribution in [1.82, 2.24) is 5.43 Å². The van der Waals surface area contributed by atoms with E-state index in [1.54, 1.807) is 36.4 Å². The van der Waals surface area contributed by atoms with Crippen LogP contribution in [0.5, 0.6) is 11.5 Å². The summed E-state index contributed by atoms with van der Waals surface area (Å²) in [5.41, 5.74) is 7.36. The Kier molecular flexibility index (Phi) is 8.86. The number of hydrogen-bond acceptors (Lipinski definition) is 6. The monoisotopic (exact) mass is 508 g/mol. The molecule has 7 nitrogen and oxygen atoms in total. The number of rotatable bonds is 10. The molecule has 0 aliphatic carbocycles. The fourth-order valence-corrected chi connectivity index (χ4v) is 3.51. The molecule has 0 fully saturated rings. The van der Waals surface area contributed by atoms with Crippen LogP contribution in [0.1, 0.15) is 43.0 Å². The molecular formula is C31H28N2O5. The molecule has 0 aliphatic heterocycles. The highest BCUT2D eigenvalue weighted by atomic mass is 16.5. The van der Waals surface area contributed by atoms with Crippen LogP contribution >= 0.6 is 0 Å². The number of hydrogen-bond donors (Lipinski definition) is 1. The fourth-order valence-electron chi connectivity index (χ4n) is 3.51. The van der Waals surface area contributed by atoms with Gasteiger partial charge in [-0.05, 0) is 66.6 Å². The molecule has 1 amide bonds. The van der Waals surface area contributed by atoms with Crippen LogP contribution in [0.2, 0.25) is 0 Å². The summed E-state index contributed by atoms with van der Waals surface area (Å²) in [6, 6.07) is 29.4. The van der Waals surface area contributed by atoms with Crippen LogP contribution < -0.4 is 14.9 Å². The predicted molar refractivity (Wildman–Crippen MR) is 146 cm³/mol. The van der Waals surface area contributed by atoms with Gasteiger partial charge in [0.2, 0.25) is 0 Å². The van der Waals surface area contributed by atoms with Gasteiger partial charge in [-0.3, -0.25) is 4.79 Å². The molecule has 0 aromatic heterocycles. The van der Waals surface area contributed by atoms with Crippen LogP contribution in [0.25, 0.3) is 0 Å². The van der Waals surface area contributed by atoms with Gasteiger partial charge in [0.15, 0.2) is 0 Å². The number of carbonyl (C=O) groups is 2. The number of aryl methyl sites for hydroxylation is 1. The smallest absolute Gasteiger partial charge is 0.337 e. The molecule has 4 aromatic rings. The van der Waals surface area contributed by atoms with Crippen LogP contribution in [0.4, 0.5) is 0 Å². The Morgan fingerprint density at radius 1 is 0.763 bits per heavy atom. The lowest BCUT2D eigenvalue weighted by atomic mass is 10.1. The zero-order valence-corrected chi connectivity index (χ0v) is 21.2. The maximum atomic E-state index is 12.5. The summed E-state index contributed by atoms with van der Waals surface area (Å²) >= 11 is 0. The normalized spacial score (nSPS) is 10.7. The molecule has 0 aliphatic rings. The Labute approximate surface area is 221 Å². The first-order chi connectivity index (χ1) is 18.5. The second-order valence-corrected chi connectivity index (χ2v) is 8.51. The third-order valence-electron chi connectivity index (χ3n) is 5.70. The van der Waals surface area contributed by atoms with Gasteiger partial charge in [-0.25, -0.2) is 10.2 Å². The average molecular weight is 509 g/mol. The van der Waals surface area contributed by atoms with E-state index in [9.17, 15) is 9.59 Å². The summed E-state index contributed by atoms with van der Waals surface area (Å²) in [6.07, 6.45) is 1.53. The first-order valence-electron chi connectivity index (χ1n) is 12.0. The summed E-state index contributed by atoms with van der Waals surface area (Å²) in [5, 5.41) is 4.09. The average Bonchev–Trinajstić information content (AvgIpc) is 2.96. The lowest BCUT2D eigenvalue weighted by Crippen LogP contribution is -2.17. The van der Waals surface area contributed by atoms with Gasteiger partial charge >= 0.3 is 5.97 Å². The van der Waals surface area contributed by atoms with Gasteiger partial charge in [0.05, 0.1) is 18.9 Å². The number of amides is 1. The highest BCUT2D eigenvalue weighted by Crippen LogP contribution is 2.18. The molecule has 0 saturated heterocycles. The first-order valence-corrected chi connectivity index (χ1v) is 12.0. The largest absolute Gasteiger partial charge is 0.489 e. The second kappa shape index (κ2) is 12.9. The summed E-state index contributed by atoms with van der Waals surface area (Å²) in [6.45, 7) is 2.80. The predicted octanol–water partition coefficient (Wildman–Crippen LogP) is 5.70. The molecule has 1 N–H and O–H groups in total. The molecular weight excluding hydrogens is 480 g/mol. The highest BCUT2D eigenvalue weighted by Gasteiger charge is 2.07. The summed E-state index contributed by atoms with van der Waals surface area (Å²) in [7, 11) is 1.35. The van der Waals surface area contributed by atoms with E-state index in [-0.39, 0.29) is 11.9 Å². The molecule has 192 valence electrons. The Morgan fingerprint density at radius 2 is 1.37 bits per heavy atom. The van der Waals surface area contributed by atoms with Crippen LogP contribution in [0.15, 0.2) is 102 Å². The van der Waals surface area contributed by atoms with Gasteiger partial charge in [0.25, 0.3) is 5.91 Å². The Balaban J connectivity index is 1.29. The summed E-state index contributed by atoms with van der Waals surface area (Å²) in [5.74, 6) is 0.563. The molecule has 0 unspecified atom stereocenters. The van der Waals surface area contributed by atoms with Crippen molar-refractivity contribution in [3.8, 4) is 11.5 Å². The molecule has 0 atom stereocenters. The molecule has 0 saturated carbocycles. The van der Waals surface area contributed by atoms with E-state index in [1.165, 1.54) is 18.9 Å². The minimum absolute atomic E-state index is 0.303. The van der Waals surface area contributed by atoms with Gasteiger partial charge in [-0.2, -0.15) is 5.10 Å². The van der Waals surface area contributed by atoms with Crippen LogP contribution in [0, 0.1) is 6.92 Å². The fraction of sp³-hybridized carbons (Fsp3) is 0.129. The van der Waals surface area contributed by atoms with E-state index < -0.39 is 0 Å². The molecule has 0 spiro atoms. The summed E-state index contributed by atoms with van der Waals surface area (Å²) < 4.78 is 16.4. The zero-order chi connectivity index (χ0) is 26.7. The Bertz CT molecular complexity index is 1400. The lowest BCUT2D eigenvalue weighted by molar-refractivity contribution is 0.0600. The molecule has 38 heavy (non-hydrogen) atoms. The van der Waals surface area contributed by atoms with E-state index in [0.29, 0.717) is 41.4 Å². The number of para-hydroxylation sites is 1. The minimum atomic E-state index is -0.386. The Hall–Kier alpha value is -4.91. The van der Waals surface area contributed by atoms with Crippen molar-refractivity contribution in [3.63, 3.8) is 0 Å². The number of hydrazone groups is 1. The van der Waals surface area contributed by atoms with Crippen LogP contribution in [-0.2, 0) is 18.0 Å². The quantitative estimate of drug-likeness (QED) is 0.169. The Morgan fingerprint density at radius 3 is 2.05 bits per heavy atom. The molecule has 4 aromatic carbocycles. The van der Waals surface area contributed by atoms with Crippen molar-refractivity contribution in [2.75, 3.05) is 7.11 Å². The molecule has 7 heteroatoms. The van der Waals surface area contributed by atoms with Gasteiger partial charge < -0.3 is 14.2 Å². The topological polar surface area (TPSA) is 86.2 Å².